The number of carbonyl (C=O) groups excluding carboxylic acids is 1. The van der Waals surface area contributed by atoms with E-state index in [1.807, 2.05) is 36.1 Å². The molecule has 1 saturated heterocycles. The molecular formula is C36H40FN7O3S2. The van der Waals surface area contributed by atoms with Crippen molar-refractivity contribution in [3.8, 4) is 5.75 Å². The zero-order valence-electron chi connectivity index (χ0n) is 27.8. The standard InChI is InChI=1S/C36H40FN7O3S2/c1-23-25-11-8-20-44(33(25)42-41-32(23)40-35-38-27-12-3-4-13-29(27)48-35)36-39-31(34(45)46-2)30(49-36)14-9-21-47-28-16-15-24(22-26(28)37)10-7-19-43-17-5-6-18-43/h3-4,12-13,15-16,22H,5-11,14,17-21H2,1-2H3,(H,38,40,41). The van der Waals surface area contributed by atoms with Gasteiger partial charge in [-0.25, -0.2) is 19.2 Å². The van der Waals surface area contributed by atoms with Crippen molar-refractivity contribution >= 4 is 60.8 Å². The summed E-state index contributed by atoms with van der Waals surface area (Å²) in [6, 6.07) is 13.3. The molecule has 0 radical (unpaired) electrons. The zero-order valence-corrected chi connectivity index (χ0v) is 29.5. The van der Waals surface area contributed by atoms with Crippen molar-refractivity contribution in [2.24, 2.45) is 0 Å². The summed E-state index contributed by atoms with van der Waals surface area (Å²) in [4.78, 5) is 27.5. The quantitative estimate of drug-likeness (QED) is 0.0973. The third-order valence-corrected chi connectivity index (χ3v) is 11.2. The minimum Gasteiger partial charge on any atom is -0.491 e. The van der Waals surface area contributed by atoms with E-state index in [1.165, 1.54) is 44.4 Å². The average molecular weight is 702 g/mol. The highest BCUT2D eigenvalue weighted by molar-refractivity contribution is 7.22. The highest BCUT2D eigenvalue weighted by atomic mass is 32.1. The number of fused-ring (bicyclic) bond motifs is 2. The number of methoxy groups -OCH3 is 1. The molecule has 5 heterocycles. The molecule has 256 valence electrons. The Morgan fingerprint density at radius 1 is 1.00 bits per heavy atom. The van der Waals surface area contributed by atoms with Crippen molar-refractivity contribution in [2.75, 3.05) is 50.1 Å². The van der Waals surface area contributed by atoms with Gasteiger partial charge in [-0.2, -0.15) is 0 Å². The molecule has 7 rings (SSSR count). The van der Waals surface area contributed by atoms with E-state index < -0.39 is 5.97 Å². The number of rotatable bonds is 13. The summed E-state index contributed by atoms with van der Waals surface area (Å²) < 4.78 is 26.9. The molecule has 5 aromatic rings. The number of benzene rings is 2. The lowest BCUT2D eigenvalue weighted by Crippen LogP contribution is -2.27. The Labute approximate surface area is 293 Å². The first-order chi connectivity index (χ1) is 24.0. The number of likely N-dealkylation sites (tertiary alicyclic amines) is 1. The Balaban J connectivity index is 0.998. The SMILES string of the molecule is COC(=O)c1nc(N2CCCc3c2nnc(Nc2nc4ccccc4s2)c3C)sc1CCCOc1ccc(CCCN2CCCC2)cc1F. The molecule has 13 heteroatoms. The van der Waals surface area contributed by atoms with Gasteiger partial charge in [-0.3, -0.25) is 0 Å². The number of nitrogens with one attached hydrogen (secondary N) is 1. The van der Waals surface area contributed by atoms with Crippen LogP contribution in [0.2, 0.25) is 0 Å². The number of ether oxygens (including phenoxy) is 2. The lowest BCUT2D eigenvalue weighted by Gasteiger charge is -2.28. The van der Waals surface area contributed by atoms with Crippen molar-refractivity contribution in [3.63, 3.8) is 0 Å². The first-order valence-electron chi connectivity index (χ1n) is 16.9. The molecule has 0 unspecified atom stereocenters. The van der Waals surface area contributed by atoms with Crippen LogP contribution in [0.5, 0.6) is 5.75 Å². The summed E-state index contributed by atoms with van der Waals surface area (Å²) in [7, 11) is 1.36. The number of aryl methyl sites for hydroxylation is 2. The topological polar surface area (TPSA) is 106 Å². The second kappa shape index (κ2) is 15.1. The smallest absolute Gasteiger partial charge is 0.357 e. The average Bonchev–Trinajstić information content (AvgIpc) is 3.88. The van der Waals surface area contributed by atoms with Crippen LogP contribution in [0.25, 0.3) is 10.2 Å². The third-order valence-electron chi connectivity index (χ3n) is 9.14. The molecule has 0 aliphatic carbocycles. The number of hydrogen-bond donors (Lipinski definition) is 1. The maximum absolute atomic E-state index is 14.9. The van der Waals surface area contributed by atoms with E-state index in [-0.39, 0.29) is 17.3 Å². The summed E-state index contributed by atoms with van der Waals surface area (Å²) in [6.07, 6.45) is 7.32. The molecule has 2 aliphatic rings. The number of hydrogen-bond acceptors (Lipinski definition) is 12. The van der Waals surface area contributed by atoms with Gasteiger partial charge in [-0.1, -0.05) is 29.5 Å². The van der Waals surface area contributed by atoms with Crippen LogP contribution in [-0.2, 0) is 24.0 Å². The zero-order chi connectivity index (χ0) is 33.7. The number of nitrogens with zero attached hydrogens (tertiary/aromatic N) is 6. The van der Waals surface area contributed by atoms with Gasteiger partial charge in [0, 0.05) is 22.5 Å². The molecular weight excluding hydrogens is 662 g/mol. The van der Waals surface area contributed by atoms with E-state index >= 15 is 0 Å². The Hall–Kier alpha value is -4.20. The van der Waals surface area contributed by atoms with Crippen LogP contribution in [0, 0.1) is 12.7 Å². The number of aromatic nitrogens is 4. The van der Waals surface area contributed by atoms with Gasteiger partial charge in [0.2, 0.25) is 0 Å². The molecule has 0 spiro atoms. The van der Waals surface area contributed by atoms with Gasteiger partial charge in [-0.15, -0.1) is 21.5 Å². The van der Waals surface area contributed by atoms with Gasteiger partial charge in [0.25, 0.3) is 0 Å². The van der Waals surface area contributed by atoms with Gasteiger partial charge in [-0.05, 0) is 108 Å². The highest BCUT2D eigenvalue weighted by Gasteiger charge is 2.29. The highest BCUT2D eigenvalue weighted by Crippen LogP contribution is 2.39. The summed E-state index contributed by atoms with van der Waals surface area (Å²) in [6.45, 7) is 6.48. The second-order valence-corrected chi connectivity index (χ2v) is 14.6. The number of esters is 1. The largest absolute Gasteiger partial charge is 0.491 e. The lowest BCUT2D eigenvalue weighted by atomic mass is 10.0. The maximum atomic E-state index is 14.9. The van der Waals surface area contributed by atoms with Gasteiger partial charge in [0.15, 0.2) is 39.2 Å². The Morgan fingerprint density at radius 2 is 1.86 bits per heavy atom. The van der Waals surface area contributed by atoms with Crippen LogP contribution in [0.3, 0.4) is 0 Å². The Bertz CT molecular complexity index is 1910. The molecule has 0 saturated carbocycles. The predicted molar refractivity (Wildman–Crippen MR) is 193 cm³/mol. The molecule has 0 atom stereocenters. The minimum atomic E-state index is -0.486. The van der Waals surface area contributed by atoms with E-state index in [2.05, 4.69) is 31.5 Å². The van der Waals surface area contributed by atoms with Gasteiger partial charge < -0.3 is 24.6 Å². The van der Waals surface area contributed by atoms with Crippen molar-refractivity contribution in [3.05, 3.63) is 75.5 Å². The first-order valence-corrected chi connectivity index (χ1v) is 18.6. The normalized spacial score (nSPS) is 14.7. The van der Waals surface area contributed by atoms with E-state index in [1.54, 1.807) is 23.5 Å². The molecule has 2 aliphatic heterocycles. The monoisotopic (exact) mass is 701 g/mol. The molecule has 1 fully saturated rings. The van der Waals surface area contributed by atoms with Crippen LogP contribution in [0.15, 0.2) is 42.5 Å². The van der Waals surface area contributed by atoms with Crippen molar-refractivity contribution in [2.45, 2.75) is 58.3 Å². The summed E-state index contributed by atoms with van der Waals surface area (Å²) in [5.41, 5.74) is 4.33. The van der Waals surface area contributed by atoms with Crippen molar-refractivity contribution < 1.29 is 18.7 Å². The predicted octanol–water partition coefficient (Wildman–Crippen LogP) is 7.64. The Kier molecular flexibility index (Phi) is 10.3. The second-order valence-electron chi connectivity index (χ2n) is 12.5. The lowest BCUT2D eigenvalue weighted by molar-refractivity contribution is 0.0593. The molecule has 2 aromatic carbocycles. The number of halogens is 1. The van der Waals surface area contributed by atoms with Crippen LogP contribution in [0.1, 0.15) is 64.2 Å². The number of anilines is 4. The Morgan fingerprint density at radius 3 is 2.67 bits per heavy atom. The van der Waals surface area contributed by atoms with Gasteiger partial charge in [0.05, 0.1) is 23.9 Å². The molecule has 0 bridgehead atoms. The maximum Gasteiger partial charge on any atom is 0.357 e. The van der Waals surface area contributed by atoms with Crippen LogP contribution >= 0.6 is 22.7 Å². The van der Waals surface area contributed by atoms with E-state index in [9.17, 15) is 9.18 Å². The number of thiazole rings is 2. The van der Waals surface area contributed by atoms with Gasteiger partial charge >= 0.3 is 5.97 Å². The summed E-state index contributed by atoms with van der Waals surface area (Å²) >= 11 is 3.02. The van der Waals surface area contributed by atoms with Crippen molar-refractivity contribution in [1.82, 2.24) is 25.1 Å². The van der Waals surface area contributed by atoms with Crippen LogP contribution in [0.4, 0.5) is 26.3 Å². The van der Waals surface area contributed by atoms with Crippen LogP contribution in [-0.4, -0.2) is 70.9 Å². The fourth-order valence-corrected chi connectivity index (χ4v) is 8.52. The van der Waals surface area contributed by atoms with Crippen molar-refractivity contribution in [1.29, 1.82) is 0 Å². The summed E-state index contributed by atoms with van der Waals surface area (Å²) in [5, 5.41) is 14.0. The fourth-order valence-electron chi connectivity index (χ4n) is 6.54. The van der Waals surface area contributed by atoms with E-state index in [4.69, 9.17) is 14.5 Å². The first kappa shape index (κ1) is 33.3. The number of para-hydroxylation sites is 1. The molecule has 49 heavy (non-hydrogen) atoms. The van der Waals surface area contributed by atoms with Gasteiger partial charge in [0.1, 0.15) is 0 Å². The molecule has 0 amide bonds. The molecule has 1 N–H and O–H groups in total. The minimum absolute atomic E-state index is 0.248. The number of carbonyl (C=O) groups is 1. The third kappa shape index (κ3) is 7.53. The fraction of sp³-hybridized carbons (Fsp3) is 0.417. The van der Waals surface area contributed by atoms with Crippen LogP contribution < -0.4 is 15.0 Å². The van der Waals surface area contributed by atoms with E-state index in [0.29, 0.717) is 36.9 Å². The summed E-state index contributed by atoms with van der Waals surface area (Å²) in [5.74, 6) is 0.844. The molecule has 10 nitrogen and oxygen atoms in total. The van der Waals surface area contributed by atoms with E-state index in [0.717, 1.165) is 75.0 Å². The molecule has 3 aromatic heterocycles.